The zero-order chi connectivity index (χ0) is 22.4. The summed E-state index contributed by atoms with van der Waals surface area (Å²) in [6.45, 7) is 2.81. The third kappa shape index (κ3) is 3.52. The van der Waals surface area contributed by atoms with Crippen molar-refractivity contribution in [3.8, 4) is 0 Å². The van der Waals surface area contributed by atoms with Gasteiger partial charge in [-0.1, -0.05) is 19.9 Å². The minimum absolute atomic E-state index is 0.269. The van der Waals surface area contributed by atoms with Crippen molar-refractivity contribution < 1.29 is 42.2 Å². The van der Waals surface area contributed by atoms with Crippen LogP contribution in [-0.2, 0) is 30.7 Å². The lowest BCUT2D eigenvalue weighted by molar-refractivity contribution is -0.163. The van der Waals surface area contributed by atoms with Gasteiger partial charge in [0.15, 0.2) is 11.6 Å². The molecule has 0 spiro atoms. The minimum Gasteiger partial charge on any atom is -0.480 e. The molecule has 1 aromatic carbocycles. The van der Waals surface area contributed by atoms with E-state index in [1.165, 1.54) is 7.11 Å². The molecule has 2 unspecified atom stereocenters. The Bertz CT molecular complexity index is 892. The molecule has 2 atom stereocenters. The predicted molar refractivity (Wildman–Crippen MR) is 93.1 cm³/mol. The number of benzene rings is 1. The van der Waals surface area contributed by atoms with E-state index in [2.05, 4.69) is 0 Å². The second kappa shape index (κ2) is 7.25. The molecule has 1 aliphatic rings. The topological polar surface area (TPSA) is 124 Å². The molecule has 1 saturated carbocycles. The minimum atomic E-state index is -5.15. The van der Waals surface area contributed by atoms with Gasteiger partial charge in [0, 0.05) is 25.0 Å². The van der Waals surface area contributed by atoms with Crippen LogP contribution in [0, 0.1) is 11.3 Å². The number of carboxylic acids is 1. The first-order chi connectivity index (χ1) is 13.2. The number of nitrogens with two attached hydrogens (primary N) is 1. The van der Waals surface area contributed by atoms with Crippen molar-refractivity contribution in [1.29, 1.82) is 0 Å². The molecule has 29 heavy (non-hydrogen) atoms. The number of hydrogen-bond acceptors (Lipinski definition) is 5. The van der Waals surface area contributed by atoms with E-state index in [0.717, 1.165) is 6.07 Å². The number of primary amides is 1. The lowest BCUT2D eigenvalue weighted by Crippen LogP contribution is -2.61. The highest BCUT2D eigenvalue weighted by Crippen LogP contribution is 2.49. The van der Waals surface area contributed by atoms with Gasteiger partial charge >= 0.3 is 12.1 Å². The number of aliphatic carboxylic acids is 1. The Hall–Kier alpha value is -2.75. The van der Waals surface area contributed by atoms with E-state index in [1.54, 1.807) is 13.8 Å². The summed E-state index contributed by atoms with van der Waals surface area (Å²) < 4.78 is 46.2. The van der Waals surface area contributed by atoms with E-state index < -0.39 is 69.5 Å². The number of rotatable bonds is 5. The molecule has 0 heterocycles. The Morgan fingerprint density at radius 3 is 2.31 bits per heavy atom. The number of Topliss-reactive ketones (excluding diaryl/α,β-unsaturated/α-hetero) is 2. The molecule has 2 rings (SSSR count). The van der Waals surface area contributed by atoms with Crippen LogP contribution in [0.25, 0.3) is 0 Å². The van der Waals surface area contributed by atoms with Crippen LogP contribution in [0.15, 0.2) is 18.2 Å². The van der Waals surface area contributed by atoms with E-state index in [0.29, 0.717) is 12.1 Å². The number of amides is 1. The molecule has 0 saturated heterocycles. The van der Waals surface area contributed by atoms with E-state index in [-0.39, 0.29) is 6.61 Å². The second-order valence-corrected chi connectivity index (χ2v) is 7.64. The summed E-state index contributed by atoms with van der Waals surface area (Å²) in [6.07, 6.45) is -5.60. The van der Waals surface area contributed by atoms with Crippen LogP contribution in [0.3, 0.4) is 0 Å². The normalized spacial score (nSPS) is 24.4. The van der Waals surface area contributed by atoms with E-state index in [9.17, 15) is 37.5 Å². The Morgan fingerprint density at radius 2 is 1.86 bits per heavy atom. The molecule has 7 nitrogen and oxygen atoms in total. The van der Waals surface area contributed by atoms with Crippen molar-refractivity contribution in [3.05, 3.63) is 34.9 Å². The highest BCUT2D eigenvalue weighted by Gasteiger charge is 2.64. The van der Waals surface area contributed by atoms with Gasteiger partial charge in [-0.2, -0.15) is 13.2 Å². The van der Waals surface area contributed by atoms with Crippen LogP contribution in [0.4, 0.5) is 13.2 Å². The van der Waals surface area contributed by atoms with Crippen molar-refractivity contribution in [2.75, 3.05) is 13.7 Å². The molecule has 0 radical (unpaired) electrons. The van der Waals surface area contributed by atoms with Gasteiger partial charge in [0.2, 0.25) is 11.3 Å². The quantitative estimate of drug-likeness (QED) is 0.709. The Morgan fingerprint density at radius 1 is 1.28 bits per heavy atom. The number of methoxy groups -OCH3 is 1. The SMILES string of the molecule is COCC1C(=O)C(C(=O)O)(c2ccc(C(N)=O)cc2C(F)(F)F)C(=O)CC1(C)C. The molecule has 1 aliphatic carbocycles. The fourth-order valence-corrected chi connectivity index (χ4v) is 3.77. The Kier molecular flexibility index (Phi) is 5.64. The molecule has 10 heteroatoms. The van der Waals surface area contributed by atoms with Crippen LogP contribution in [0.2, 0.25) is 0 Å². The summed E-state index contributed by atoms with van der Waals surface area (Å²) >= 11 is 0. The summed E-state index contributed by atoms with van der Waals surface area (Å²) in [5.74, 6) is -6.68. The maximum atomic E-state index is 13.7. The molecule has 1 aromatic rings. The van der Waals surface area contributed by atoms with Crippen molar-refractivity contribution in [1.82, 2.24) is 0 Å². The fourth-order valence-electron chi connectivity index (χ4n) is 3.77. The van der Waals surface area contributed by atoms with Gasteiger partial charge < -0.3 is 15.6 Å². The number of ketones is 2. The third-order valence-corrected chi connectivity index (χ3v) is 5.33. The number of halogens is 3. The van der Waals surface area contributed by atoms with Gasteiger partial charge in [0.25, 0.3) is 0 Å². The Labute approximate surface area is 164 Å². The summed E-state index contributed by atoms with van der Waals surface area (Å²) in [5.41, 5.74) is -2.21. The van der Waals surface area contributed by atoms with Crippen molar-refractivity contribution in [3.63, 3.8) is 0 Å². The van der Waals surface area contributed by atoms with Crippen LogP contribution < -0.4 is 5.73 Å². The summed E-state index contributed by atoms with van der Waals surface area (Å²) in [6, 6.07) is 1.88. The average Bonchev–Trinajstić information content (AvgIpc) is 2.57. The number of carbonyl (C=O) groups is 4. The van der Waals surface area contributed by atoms with Crippen LogP contribution >= 0.6 is 0 Å². The van der Waals surface area contributed by atoms with Gasteiger partial charge in [-0.15, -0.1) is 0 Å². The zero-order valence-corrected chi connectivity index (χ0v) is 15.9. The number of carbonyl (C=O) groups excluding carboxylic acids is 3. The van der Waals surface area contributed by atoms with E-state index in [1.807, 2.05) is 0 Å². The highest BCUT2D eigenvalue weighted by molar-refractivity contribution is 6.30. The van der Waals surface area contributed by atoms with Gasteiger partial charge in [0.05, 0.1) is 12.2 Å². The molecular formula is C19H20F3NO6. The molecule has 3 N–H and O–H groups in total. The number of ether oxygens (including phenoxy) is 1. The van der Waals surface area contributed by atoms with Gasteiger partial charge in [0.1, 0.15) is 0 Å². The smallest absolute Gasteiger partial charge is 0.416 e. The van der Waals surface area contributed by atoms with E-state index in [4.69, 9.17) is 10.5 Å². The van der Waals surface area contributed by atoms with Gasteiger partial charge in [-0.05, 0) is 23.1 Å². The molecular weight excluding hydrogens is 395 g/mol. The summed E-state index contributed by atoms with van der Waals surface area (Å²) in [5, 5.41) is 9.87. The van der Waals surface area contributed by atoms with Crippen LogP contribution in [0.1, 0.15) is 41.8 Å². The average molecular weight is 415 g/mol. The molecule has 1 amide bonds. The first kappa shape index (κ1) is 22.5. The maximum absolute atomic E-state index is 13.7. The third-order valence-electron chi connectivity index (χ3n) is 5.33. The number of hydrogen-bond donors (Lipinski definition) is 2. The predicted octanol–water partition coefficient (Wildman–Crippen LogP) is 1.96. The number of alkyl halides is 3. The summed E-state index contributed by atoms with van der Waals surface area (Å²) in [7, 11) is 1.25. The van der Waals surface area contributed by atoms with Gasteiger partial charge in [-0.25, -0.2) is 0 Å². The van der Waals surface area contributed by atoms with Crippen molar-refractivity contribution in [2.24, 2.45) is 17.1 Å². The van der Waals surface area contributed by atoms with Crippen molar-refractivity contribution >= 4 is 23.4 Å². The Balaban J connectivity index is 2.89. The van der Waals surface area contributed by atoms with Gasteiger partial charge in [-0.3, -0.25) is 19.2 Å². The lowest BCUT2D eigenvalue weighted by Gasteiger charge is -2.44. The summed E-state index contributed by atoms with van der Waals surface area (Å²) in [4.78, 5) is 49.7. The first-order valence-electron chi connectivity index (χ1n) is 8.52. The van der Waals surface area contributed by atoms with E-state index >= 15 is 0 Å². The molecule has 0 bridgehead atoms. The lowest BCUT2D eigenvalue weighted by atomic mass is 9.55. The molecule has 0 aliphatic heterocycles. The largest absolute Gasteiger partial charge is 0.480 e. The fraction of sp³-hybridized carbons (Fsp3) is 0.474. The highest BCUT2D eigenvalue weighted by atomic mass is 19.4. The van der Waals surface area contributed by atoms with Crippen LogP contribution in [-0.4, -0.2) is 42.3 Å². The molecule has 158 valence electrons. The monoisotopic (exact) mass is 415 g/mol. The number of carboxylic acid groups (broad SMARTS) is 1. The molecule has 1 fully saturated rings. The molecule has 0 aromatic heterocycles. The first-order valence-corrected chi connectivity index (χ1v) is 8.52. The second-order valence-electron chi connectivity index (χ2n) is 7.64. The standard InChI is InChI=1S/C19H20F3NO6/c1-17(2)7-13(24)18(16(27)28,14(25)12(17)8-29-3)10-5-4-9(15(23)26)6-11(10)19(20,21)22/h4-6,12H,7-8H2,1-3H3,(H2,23,26)(H,27,28). The maximum Gasteiger partial charge on any atom is 0.416 e. The van der Waals surface area contributed by atoms with Crippen LogP contribution in [0.5, 0.6) is 0 Å². The van der Waals surface area contributed by atoms with Crippen molar-refractivity contribution in [2.45, 2.75) is 31.9 Å². The zero-order valence-electron chi connectivity index (χ0n) is 15.9.